The minimum Gasteiger partial charge on any atom is -0.326 e. The minimum atomic E-state index is 1.04. The second-order valence-electron chi connectivity index (χ2n) is 4.68. The zero-order valence-electron chi connectivity index (χ0n) is 10.4. The van der Waals surface area contributed by atoms with E-state index < -0.39 is 0 Å². The fourth-order valence-corrected chi connectivity index (χ4v) is 2.66. The predicted molar refractivity (Wildman–Crippen MR) is 78.4 cm³/mol. The number of halogens is 1. The van der Waals surface area contributed by atoms with Crippen LogP contribution in [0.2, 0.25) is 0 Å². The van der Waals surface area contributed by atoms with Crippen molar-refractivity contribution in [3.63, 3.8) is 0 Å². The molecule has 0 N–H and O–H groups in total. The van der Waals surface area contributed by atoms with Crippen LogP contribution >= 0.6 is 15.9 Å². The normalized spacial score (nSPS) is 14.4. The van der Waals surface area contributed by atoms with Gasteiger partial charge < -0.3 is 4.90 Å². The molecule has 0 bridgehead atoms. The number of hydrogen-bond donors (Lipinski definition) is 0. The third-order valence-electron chi connectivity index (χ3n) is 3.42. The Labute approximate surface area is 116 Å². The van der Waals surface area contributed by atoms with Gasteiger partial charge in [-0.25, -0.2) is 4.98 Å². The van der Waals surface area contributed by atoms with Crippen LogP contribution in [0.5, 0.6) is 0 Å². The van der Waals surface area contributed by atoms with Gasteiger partial charge in [0, 0.05) is 22.9 Å². The number of para-hydroxylation sites is 1. The van der Waals surface area contributed by atoms with Gasteiger partial charge in [0.2, 0.25) is 0 Å². The van der Waals surface area contributed by atoms with E-state index in [2.05, 4.69) is 63.1 Å². The summed E-state index contributed by atoms with van der Waals surface area (Å²) in [7, 11) is 0. The number of hydrogen-bond acceptors (Lipinski definition) is 2. The molecule has 0 atom stereocenters. The second kappa shape index (κ2) is 4.73. The first-order chi connectivity index (χ1) is 8.75. The molecule has 3 rings (SSSR count). The van der Waals surface area contributed by atoms with Crippen LogP contribution in [0.3, 0.4) is 0 Å². The van der Waals surface area contributed by atoms with E-state index in [1.54, 1.807) is 0 Å². The van der Waals surface area contributed by atoms with Gasteiger partial charge in [-0.15, -0.1) is 0 Å². The quantitative estimate of drug-likeness (QED) is 0.783. The number of benzene rings is 1. The Hall–Kier alpha value is -1.35. The number of aryl methyl sites for hydroxylation is 2. The van der Waals surface area contributed by atoms with E-state index in [0.29, 0.717) is 0 Å². The number of rotatable bonds is 1. The lowest BCUT2D eigenvalue weighted by atomic mass is 10.0. The van der Waals surface area contributed by atoms with Crippen LogP contribution in [0.1, 0.15) is 17.5 Å². The molecule has 0 aliphatic carbocycles. The molecule has 0 saturated carbocycles. The van der Waals surface area contributed by atoms with E-state index in [4.69, 9.17) is 0 Å². The SMILES string of the molecule is Cc1cc(N2CCCc3ccccc32)ncc1Br. The molecule has 2 heterocycles. The summed E-state index contributed by atoms with van der Waals surface area (Å²) in [4.78, 5) is 6.86. The van der Waals surface area contributed by atoms with Crippen LogP contribution in [0.25, 0.3) is 0 Å². The summed E-state index contributed by atoms with van der Waals surface area (Å²) in [6.07, 6.45) is 4.25. The van der Waals surface area contributed by atoms with Crippen molar-refractivity contribution >= 4 is 27.4 Å². The summed E-state index contributed by atoms with van der Waals surface area (Å²) in [6.45, 7) is 3.15. The van der Waals surface area contributed by atoms with Crippen LogP contribution < -0.4 is 4.90 Å². The van der Waals surface area contributed by atoms with Gasteiger partial charge in [-0.3, -0.25) is 0 Å². The molecule has 1 aromatic heterocycles. The predicted octanol–water partition coefficient (Wildman–Crippen LogP) is 4.24. The highest BCUT2D eigenvalue weighted by atomic mass is 79.9. The molecule has 92 valence electrons. The van der Waals surface area contributed by atoms with Crippen LogP contribution in [-0.2, 0) is 6.42 Å². The van der Waals surface area contributed by atoms with E-state index in [1.165, 1.54) is 29.7 Å². The zero-order valence-corrected chi connectivity index (χ0v) is 11.9. The summed E-state index contributed by atoms with van der Waals surface area (Å²) in [5.74, 6) is 1.04. The molecule has 0 radical (unpaired) electrons. The van der Waals surface area contributed by atoms with E-state index in [0.717, 1.165) is 16.8 Å². The van der Waals surface area contributed by atoms with Gasteiger partial charge in [0.1, 0.15) is 5.82 Å². The van der Waals surface area contributed by atoms with Crippen molar-refractivity contribution in [2.75, 3.05) is 11.4 Å². The summed E-state index contributed by atoms with van der Waals surface area (Å²) < 4.78 is 1.07. The van der Waals surface area contributed by atoms with Gasteiger partial charge in [0.25, 0.3) is 0 Å². The molecule has 1 aliphatic heterocycles. The standard InChI is InChI=1S/C15H15BrN2/c1-11-9-15(17-10-13(11)16)18-8-4-6-12-5-2-3-7-14(12)18/h2-3,5,7,9-10H,4,6,8H2,1H3. The molecule has 18 heavy (non-hydrogen) atoms. The second-order valence-corrected chi connectivity index (χ2v) is 5.53. The molecule has 0 spiro atoms. The average Bonchev–Trinajstić information content (AvgIpc) is 2.41. The number of aromatic nitrogens is 1. The highest BCUT2D eigenvalue weighted by molar-refractivity contribution is 9.10. The summed E-state index contributed by atoms with van der Waals surface area (Å²) in [5.41, 5.74) is 3.95. The maximum Gasteiger partial charge on any atom is 0.133 e. The number of pyridine rings is 1. The molecule has 1 aromatic carbocycles. The van der Waals surface area contributed by atoms with Crippen molar-refractivity contribution in [3.8, 4) is 0 Å². The lowest BCUT2D eigenvalue weighted by Gasteiger charge is -2.30. The van der Waals surface area contributed by atoms with Gasteiger partial charge in [0.15, 0.2) is 0 Å². The fraction of sp³-hybridized carbons (Fsp3) is 0.267. The largest absolute Gasteiger partial charge is 0.326 e. The monoisotopic (exact) mass is 302 g/mol. The first-order valence-electron chi connectivity index (χ1n) is 6.23. The molecule has 0 amide bonds. The first-order valence-corrected chi connectivity index (χ1v) is 7.02. The highest BCUT2D eigenvalue weighted by Crippen LogP contribution is 2.33. The fourth-order valence-electron chi connectivity index (χ4n) is 2.44. The van der Waals surface area contributed by atoms with Crippen LogP contribution in [0.4, 0.5) is 11.5 Å². The molecular formula is C15H15BrN2. The maximum absolute atomic E-state index is 4.54. The average molecular weight is 303 g/mol. The first kappa shape index (κ1) is 11.7. The summed E-state index contributed by atoms with van der Waals surface area (Å²) >= 11 is 3.50. The van der Waals surface area contributed by atoms with E-state index in [1.807, 2.05) is 6.20 Å². The van der Waals surface area contributed by atoms with E-state index >= 15 is 0 Å². The highest BCUT2D eigenvalue weighted by Gasteiger charge is 2.18. The van der Waals surface area contributed by atoms with Crippen molar-refractivity contribution in [2.45, 2.75) is 19.8 Å². The molecule has 1 aliphatic rings. The van der Waals surface area contributed by atoms with Gasteiger partial charge in [-0.2, -0.15) is 0 Å². The van der Waals surface area contributed by atoms with E-state index in [-0.39, 0.29) is 0 Å². The Bertz CT molecular complexity index is 580. The molecule has 3 heteroatoms. The van der Waals surface area contributed by atoms with Crippen LogP contribution in [0.15, 0.2) is 41.0 Å². The van der Waals surface area contributed by atoms with Crippen molar-refractivity contribution in [1.82, 2.24) is 4.98 Å². The lowest BCUT2D eigenvalue weighted by molar-refractivity contribution is 0.759. The number of fused-ring (bicyclic) bond motifs is 1. The maximum atomic E-state index is 4.54. The Morgan fingerprint density at radius 1 is 1.28 bits per heavy atom. The van der Waals surface area contributed by atoms with Crippen LogP contribution in [0, 0.1) is 6.92 Å². The molecule has 0 saturated heterocycles. The summed E-state index contributed by atoms with van der Waals surface area (Å²) in [5, 5.41) is 0. The molecule has 2 aromatic rings. The smallest absolute Gasteiger partial charge is 0.133 e. The van der Waals surface area contributed by atoms with Gasteiger partial charge in [-0.1, -0.05) is 18.2 Å². The van der Waals surface area contributed by atoms with Crippen molar-refractivity contribution in [2.24, 2.45) is 0 Å². The topological polar surface area (TPSA) is 16.1 Å². The zero-order chi connectivity index (χ0) is 12.5. The molecule has 0 fully saturated rings. The van der Waals surface area contributed by atoms with E-state index in [9.17, 15) is 0 Å². The van der Waals surface area contributed by atoms with Crippen molar-refractivity contribution in [1.29, 1.82) is 0 Å². The minimum absolute atomic E-state index is 1.04. The molecular weight excluding hydrogens is 288 g/mol. The summed E-state index contributed by atoms with van der Waals surface area (Å²) in [6, 6.07) is 10.8. The number of nitrogens with zero attached hydrogens (tertiary/aromatic N) is 2. The van der Waals surface area contributed by atoms with Gasteiger partial charge in [-0.05, 0) is 59.0 Å². The number of anilines is 2. The Morgan fingerprint density at radius 3 is 2.94 bits per heavy atom. The Morgan fingerprint density at radius 2 is 2.11 bits per heavy atom. The third kappa shape index (κ3) is 2.03. The molecule has 0 unspecified atom stereocenters. The van der Waals surface area contributed by atoms with Gasteiger partial charge >= 0.3 is 0 Å². The Balaban J connectivity index is 2.05. The van der Waals surface area contributed by atoms with Crippen molar-refractivity contribution in [3.05, 3.63) is 52.1 Å². The van der Waals surface area contributed by atoms with Crippen LogP contribution in [-0.4, -0.2) is 11.5 Å². The third-order valence-corrected chi connectivity index (χ3v) is 4.25. The van der Waals surface area contributed by atoms with Crippen molar-refractivity contribution < 1.29 is 0 Å². The molecule has 2 nitrogen and oxygen atoms in total. The Kier molecular flexibility index (Phi) is 3.08. The van der Waals surface area contributed by atoms with Gasteiger partial charge in [0.05, 0.1) is 0 Å². The lowest BCUT2D eigenvalue weighted by Crippen LogP contribution is -2.25.